The Bertz CT molecular complexity index is 738. The zero-order valence-corrected chi connectivity index (χ0v) is 18.0. The van der Waals surface area contributed by atoms with Crippen LogP contribution in [0.2, 0.25) is 0 Å². The van der Waals surface area contributed by atoms with E-state index in [-0.39, 0.29) is 16.9 Å². The minimum Gasteiger partial charge on any atom is -0.458 e. The van der Waals surface area contributed by atoms with Gasteiger partial charge >= 0.3 is 5.97 Å². The highest BCUT2D eigenvalue weighted by atomic mass is 16.5. The van der Waals surface area contributed by atoms with Crippen LogP contribution in [0.1, 0.15) is 43.0 Å². The molecule has 0 atom stereocenters. The molecule has 2 N–H and O–H groups in total. The Hall–Kier alpha value is -2.69. The van der Waals surface area contributed by atoms with Gasteiger partial charge in [0.25, 0.3) is 0 Å². The Morgan fingerprint density at radius 3 is 1.93 bits per heavy atom. The summed E-state index contributed by atoms with van der Waals surface area (Å²) >= 11 is 0. The standard InChI is InChI=1S/C14H18O2.C11H14O.H2O/c1-5-13(15)16-10-11-6-8-12(9-7-11)14(2,3)4;1-3-8-12-9-11-6-4-10(2)5-7-11;/h5-9H,1,10H2,2-4H3;3-7H,1,8-9H2,2H3;1H2. The third kappa shape index (κ3) is 11.0. The Balaban J connectivity index is 0.000000542. The molecule has 4 nitrogen and oxygen atoms in total. The molecule has 0 aromatic heterocycles. The molecule has 29 heavy (non-hydrogen) atoms. The number of rotatable bonds is 7. The summed E-state index contributed by atoms with van der Waals surface area (Å²) in [5, 5.41) is 0. The highest BCUT2D eigenvalue weighted by Gasteiger charge is 2.12. The highest BCUT2D eigenvalue weighted by Crippen LogP contribution is 2.22. The number of hydrogen-bond acceptors (Lipinski definition) is 3. The van der Waals surface area contributed by atoms with Gasteiger partial charge in [-0.25, -0.2) is 4.79 Å². The number of benzene rings is 2. The van der Waals surface area contributed by atoms with Gasteiger partial charge in [-0.3, -0.25) is 0 Å². The van der Waals surface area contributed by atoms with Crippen molar-refractivity contribution >= 4 is 5.97 Å². The van der Waals surface area contributed by atoms with E-state index in [9.17, 15) is 4.79 Å². The molecule has 0 saturated carbocycles. The fourth-order valence-corrected chi connectivity index (χ4v) is 2.26. The number of carbonyl (C=O) groups excluding carboxylic acids is 1. The average molecular weight is 399 g/mol. The van der Waals surface area contributed by atoms with Gasteiger partial charge in [-0.05, 0) is 29.0 Å². The minimum atomic E-state index is -0.389. The molecule has 0 aliphatic carbocycles. The van der Waals surface area contributed by atoms with Crippen molar-refractivity contribution in [1.82, 2.24) is 0 Å². The molecular weight excluding hydrogens is 364 g/mol. The van der Waals surface area contributed by atoms with Crippen molar-refractivity contribution in [2.75, 3.05) is 6.61 Å². The van der Waals surface area contributed by atoms with Crippen LogP contribution in [-0.2, 0) is 32.9 Å². The first kappa shape index (κ1) is 26.3. The van der Waals surface area contributed by atoms with E-state index in [2.05, 4.69) is 77.3 Å². The van der Waals surface area contributed by atoms with E-state index < -0.39 is 0 Å². The van der Waals surface area contributed by atoms with Crippen molar-refractivity contribution in [3.63, 3.8) is 0 Å². The summed E-state index contributed by atoms with van der Waals surface area (Å²) in [6.07, 6.45) is 2.93. The van der Waals surface area contributed by atoms with Gasteiger partial charge in [-0.15, -0.1) is 6.58 Å². The molecule has 0 radical (unpaired) electrons. The first-order valence-corrected chi connectivity index (χ1v) is 9.39. The molecule has 0 unspecified atom stereocenters. The molecule has 0 heterocycles. The summed E-state index contributed by atoms with van der Waals surface area (Å²) in [5.41, 5.74) is 4.90. The van der Waals surface area contributed by atoms with Crippen LogP contribution in [0.15, 0.2) is 73.8 Å². The zero-order chi connectivity index (χ0) is 21.0. The average Bonchev–Trinajstić information content (AvgIpc) is 2.68. The molecule has 0 saturated heterocycles. The molecule has 158 valence electrons. The molecule has 2 aromatic carbocycles. The van der Waals surface area contributed by atoms with Gasteiger partial charge in [0.15, 0.2) is 0 Å². The molecule has 0 spiro atoms. The summed E-state index contributed by atoms with van der Waals surface area (Å²) < 4.78 is 10.2. The fraction of sp³-hybridized carbons (Fsp3) is 0.320. The monoisotopic (exact) mass is 398 g/mol. The molecular formula is C25H34O4. The third-order valence-corrected chi connectivity index (χ3v) is 3.99. The van der Waals surface area contributed by atoms with Gasteiger partial charge in [0, 0.05) is 6.08 Å². The number of hydrogen-bond donors (Lipinski definition) is 0. The van der Waals surface area contributed by atoms with Gasteiger partial charge < -0.3 is 14.9 Å². The summed E-state index contributed by atoms with van der Waals surface area (Å²) in [4.78, 5) is 10.9. The first-order valence-electron chi connectivity index (χ1n) is 9.39. The summed E-state index contributed by atoms with van der Waals surface area (Å²) in [6.45, 7) is 17.1. The maximum atomic E-state index is 10.9. The second-order valence-electron chi connectivity index (χ2n) is 7.55. The van der Waals surface area contributed by atoms with Crippen molar-refractivity contribution in [1.29, 1.82) is 0 Å². The summed E-state index contributed by atoms with van der Waals surface area (Å²) in [5.74, 6) is -0.389. The largest absolute Gasteiger partial charge is 0.458 e. The Morgan fingerprint density at radius 2 is 1.45 bits per heavy atom. The molecule has 0 aliphatic rings. The molecule has 0 fully saturated rings. The van der Waals surface area contributed by atoms with E-state index >= 15 is 0 Å². The number of esters is 1. The van der Waals surface area contributed by atoms with Gasteiger partial charge in [-0.2, -0.15) is 0 Å². The zero-order valence-electron chi connectivity index (χ0n) is 18.0. The van der Waals surface area contributed by atoms with Crippen LogP contribution in [0, 0.1) is 6.92 Å². The predicted octanol–water partition coefficient (Wildman–Crippen LogP) is 5.09. The van der Waals surface area contributed by atoms with Crippen molar-refractivity contribution in [2.45, 2.75) is 46.3 Å². The van der Waals surface area contributed by atoms with Gasteiger partial charge in [0.2, 0.25) is 0 Å². The van der Waals surface area contributed by atoms with Crippen molar-refractivity contribution < 1.29 is 19.7 Å². The maximum Gasteiger partial charge on any atom is 0.330 e. The molecule has 0 amide bonds. The molecule has 2 aromatic rings. The number of carbonyl (C=O) groups is 1. The van der Waals surface area contributed by atoms with E-state index in [1.807, 2.05) is 12.1 Å². The van der Waals surface area contributed by atoms with Crippen molar-refractivity contribution in [3.8, 4) is 0 Å². The van der Waals surface area contributed by atoms with Gasteiger partial charge in [0.05, 0.1) is 13.2 Å². The molecule has 0 aliphatic heterocycles. The van der Waals surface area contributed by atoms with Crippen molar-refractivity contribution in [2.24, 2.45) is 0 Å². The van der Waals surface area contributed by atoms with Crippen LogP contribution in [0.25, 0.3) is 0 Å². The highest BCUT2D eigenvalue weighted by molar-refractivity contribution is 5.81. The van der Waals surface area contributed by atoms with Gasteiger partial charge in [0.1, 0.15) is 6.61 Å². The molecule has 4 heteroatoms. The van der Waals surface area contributed by atoms with E-state index in [4.69, 9.17) is 9.47 Å². The minimum absolute atomic E-state index is 0. The van der Waals surface area contributed by atoms with Crippen LogP contribution >= 0.6 is 0 Å². The number of aryl methyl sites for hydroxylation is 1. The second-order valence-corrected chi connectivity index (χ2v) is 7.55. The first-order chi connectivity index (χ1) is 13.3. The third-order valence-electron chi connectivity index (χ3n) is 3.99. The lowest BCUT2D eigenvalue weighted by Gasteiger charge is -2.19. The van der Waals surface area contributed by atoms with E-state index in [1.54, 1.807) is 6.08 Å². The van der Waals surface area contributed by atoms with Crippen LogP contribution in [-0.4, -0.2) is 18.1 Å². The summed E-state index contributed by atoms with van der Waals surface area (Å²) in [6, 6.07) is 16.4. The quantitative estimate of drug-likeness (QED) is 0.282. The Kier molecular flexibility index (Phi) is 12.2. The SMILES string of the molecule is C=CC(=O)OCc1ccc(C(C)(C)C)cc1.C=CCOCc1ccc(C)cc1.O. The Morgan fingerprint density at radius 1 is 0.931 bits per heavy atom. The lowest BCUT2D eigenvalue weighted by atomic mass is 9.87. The number of ether oxygens (including phenoxy) is 2. The lowest BCUT2D eigenvalue weighted by Crippen LogP contribution is -2.10. The molecule has 0 bridgehead atoms. The van der Waals surface area contributed by atoms with Crippen molar-refractivity contribution in [3.05, 3.63) is 96.1 Å². The van der Waals surface area contributed by atoms with Crippen LogP contribution in [0.5, 0.6) is 0 Å². The van der Waals surface area contributed by atoms with Crippen LogP contribution < -0.4 is 0 Å². The lowest BCUT2D eigenvalue weighted by molar-refractivity contribution is -0.138. The Labute approximate surface area is 175 Å². The predicted molar refractivity (Wildman–Crippen MR) is 120 cm³/mol. The second kappa shape index (κ2) is 13.5. The van der Waals surface area contributed by atoms with E-state index in [0.29, 0.717) is 19.8 Å². The van der Waals surface area contributed by atoms with Crippen LogP contribution in [0.3, 0.4) is 0 Å². The van der Waals surface area contributed by atoms with E-state index in [0.717, 1.165) is 5.56 Å². The van der Waals surface area contributed by atoms with Gasteiger partial charge in [-0.1, -0.05) is 87.5 Å². The summed E-state index contributed by atoms with van der Waals surface area (Å²) in [7, 11) is 0. The topological polar surface area (TPSA) is 67.0 Å². The maximum absolute atomic E-state index is 10.9. The fourth-order valence-electron chi connectivity index (χ4n) is 2.26. The van der Waals surface area contributed by atoms with Crippen LogP contribution in [0.4, 0.5) is 0 Å². The normalized spacial score (nSPS) is 10.1. The van der Waals surface area contributed by atoms with E-state index in [1.165, 1.54) is 22.8 Å². The molecule has 2 rings (SSSR count). The smallest absolute Gasteiger partial charge is 0.330 e.